The van der Waals surface area contributed by atoms with E-state index in [-0.39, 0.29) is 11.4 Å². The van der Waals surface area contributed by atoms with Crippen LogP contribution >= 0.6 is 11.6 Å². The third-order valence-corrected chi connectivity index (χ3v) is 5.19. The fourth-order valence-corrected chi connectivity index (χ4v) is 3.41. The van der Waals surface area contributed by atoms with Crippen LogP contribution in [-0.4, -0.2) is 18.0 Å². The summed E-state index contributed by atoms with van der Waals surface area (Å²) in [6.45, 7) is 0.141. The number of hydrogen-bond donors (Lipinski definition) is 1. The molecule has 0 radical (unpaired) electrons. The van der Waals surface area contributed by atoms with Crippen LogP contribution in [0.15, 0.2) is 53.7 Å². The van der Waals surface area contributed by atoms with Crippen LogP contribution in [0.25, 0.3) is 11.0 Å². The van der Waals surface area contributed by atoms with Crippen molar-refractivity contribution < 1.29 is 8.42 Å². The molecule has 22 heavy (non-hydrogen) atoms. The van der Waals surface area contributed by atoms with E-state index >= 15 is 0 Å². The van der Waals surface area contributed by atoms with Gasteiger partial charge < -0.3 is 4.57 Å². The Balaban J connectivity index is 1.86. The lowest BCUT2D eigenvalue weighted by Gasteiger charge is -2.08. The number of fused-ring (bicyclic) bond motifs is 1. The van der Waals surface area contributed by atoms with Gasteiger partial charge in [0, 0.05) is 18.6 Å². The van der Waals surface area contributed by atoms with Crippen LogP contribution < -0.4 is 4.72 Å². The van der Waals surface area contributed by atoms with Crippen LogP contribution in [0.1, 0.15) is 5.56 Å². The molecule has 0 aliphatic heterocycles. The number of aromatic nitrogens is 2. The third-order valence-electron chi connectivity index (χ3n) is 3.42. The first-order valence-corrected chi connectivity index (χ1v) is 8.48. The number of benzene rings is 2. The summed E-state index contributed by atoms with van der Waals surface area (Å²) >= 11 is 6.03. The van der Waals surface area contributed by atoms with Crippen LogP contribution in [0, 0.1) is 0 Å². The van der Waals surface area contributed by atoms with Gasteiger partial charge in [-0.05, 0) is 29.8 Å². The van der Waals surface area contributed by atoms with Crippen LogP contribution in [-0.2, 0) is 23.6 Å². The van der Waals surface area contributed by atoms with E-state index in [1.807, 2.05) is 17.7 Å². The Kier molecular flexibility index (Phi) is 3.90. The van der Waals surface area contributed by atoms with Crippen LogP contribution in [0.3, 0.4) is 0 Å². The van der Waals surface area contributed by atoms with Gasteiger partial charge in [0.1, 0.15) is 0 Å². The summed E-state index contributed by atoms with van der Waals surface area (Å²) in [5, 5.41) is 0.533. The number of aryl methyl sites for hydroxylation is 1. The Morgan fingerprint density at radius 3 is 2.77 bits per heavy atom. The van der Waals surface area contributed by atoms with Crippen LogP contribution in [0.2, 0.25) is 5.02 Å². The molecule has 3 rings (SSSR count). The lowest BCUT2D eigenvalue weighted by Crippen LogP contribution is -2.23. The first kappa shape index (κ1) is 15.0. The number of sulfonamides is 1. The van der Waals surface area contributed by atoms with E-state index in [0.717, 1.165) is 11.1 Å². The number of halogens is 1. The summed E-state index contributed by atoms with van der Waals surface area (Å²) in [4.78, 5) is 4.36. The minimum atomic E-state index is -3.62. The molecule has 0 aliphatic rings. The van der Waals surface area contributed by atoms with Crippen molar-refractivity contribution >= 4 is 32.7 Å². The van der Waals surface area contributed by atoms with E-state index in [2.05, 4.69) is 9.71 Å². The SMILES string of the molecule is Cn1cnc2cc(S(=O)(=O)NCc3ccccc3Cl)ccc21. The van der Waals surface area contributed by atoms with Crippen molar-refractivity contribution in [3.63, 3.8) is 0 Å². The van der Waals surface area contributed by atoms with Gasteiger partial charge in [-0.15, -0.1) is 0 Å². The zero-order valence-electron chi connectivity index (χ0n) is 11.8. The lowest BCUT2D eigenvalue weighted by atomic mass is 10.2. The first-order valence-electron chi connectivity index (χ1n) is 6.61. The van der Waals surface area contributed by atoms with E-state index < -0.39 is 10.0 Å². The minimum Gasteiger partial charge on any atom is -0.334 e. The molecule has 0 aliphatic carbocycles. The standard InChI is InChI=1S/C15H14ClN3O2S/c1-19-10-17-14-8-12(6-7-15(14)19)22(20,21)18-9-11-4-2-3-5-13(11)16/h2-8,10,18H,9H2,1H3. The Hall–Kier alpha value is -1.89. The quantitative estimate of drug-likeness (QED) is 0.797. The molecular weight excluding hydrogens is 322 g/mol. The van der Waals surface area contributed by atoms with Gasteiger partial charge in [0.2, 0.25) is 10.0 Å². The van der Waals surface area contributed by atoms with Gasteiger partial charge in [-0.1, -0.05) is 29.8 Å². The zero-order valence-corrected chi connectivity index (χ0v) is 13.4. The molecule has 0 bridgehead atoms. The number of hydrogen-bond acceptors (Lipinski definition) is 3. The number of nitrogens with one attached hydrogen (secondary N) is 1. The second kappa shape index (κ2) is 5.72. The molecule has 1 N–H and O–H groups in total. The molecule has 0 atom stereocenters. The molecule has 1 aromatic heterocycles. The van der Waals surface area contributed by atoms with Gasteiger partial charge in [-0.2, -0.15) is 0 Å². The van der Waals surface area contributed by atoms with E-state index in [4.69, 9.17) is 11.6 Å². The predicted molar refractivity (Wildman–Crippen MR) is 86.2 cm³/mol. The van der Waals surface area contributed by atoms with Crippen molar-refractivity contribution in [2.75, 3.05) is 0 Å². The second-order valence-electron chi connectivity index (χ2n) is 4.92. The van der Waals surface area contributed by atoms with Gasteiger partial charge >= 0.3 is 0 Å². The summed E-state index contributed by atoms with van der Waals surface area (Å²) in [5.74, 6) is 0. The number of rotatable bonds is 4. The highest BCUT2D eigenvalue weighted by molar-refractivity contribution is 7.89. The van der Waals surface area contributed by atoms with Crippen LogP contribution in [0.4, 0.5) is 0 Å². The van der Waals surface area contributed by atoms with Crippen LogP contribution in [0.5, 0.6) is 0 Å². The first-order chi connectivity index (χ1) is 10.5. The maximum Gasteiger partial charge on any atom is 0.240 e. The third kappa shape index (κ3) is 2.85. The normalized spacial score (nSPS) is 11.9. The van der Waals surface area contributed by atoms with Gasteiger partial charge in [-0.25, -0.2) is 18.1 Å². The highest BCUT2D eigenvalue weighted by atomic mass is 35.5. The molecule has 0 spiro atoms. The fraction of sp³-hybridized carbons (Fsp3) is 0.133. The van der Waals surface area contributed by atoms with Crippen molar-refractivity contribution in [3.8, 4) is 0 Å². The maximum atomic E-state index is 12.4. The van der Waals surface area contributed by atoms with Gasteiger partial charge in [-0.3, -0.25) is 0 Å². The molecule has 3 aromatic rings. The Morgan fingerprint density at radius 2 is 2.00 bits per heavy atom. The Labute approximate surface area is 133 Å². The smallest absolute Gasteiger partial charge is 0.240 e. The highest BCUT2D eigenvalue weighted by Gasteiger charge is 2.15. The number of nitrogens with zero attached hydrogens (tertiary/aromatic N) is 2. The summed E-state index contributed by atoms with van der Waals surface area (Å²) in [7, 11) is -1.76. The summed E-state index contributed by atoms with van der Waals surface area (Å²) in [6, 6.07) is 12.0. The molecule has 0 saturated heterocycles. The topological polar surface area (TPSA) is 64.0 Å². The summed E-state index contributed by atoms with van der Waals surface area (Å²) < 4.78 is 29.2. The average molecular weight is 336 g/mol. The fourth-order valence-electron chi connectivity index (χ4n) is 2.18. The van der Waals surface area contributed by atoms with Gasteiger partial charge in [0.05, 0.1) is 22.3 Å². The molecule has 7 heteroatoms. The maximum absolute atomic E-state index is 12.4. The van der Waals surface area contributed by atoms with Crippen molar-refractivity contribution in [2.24, 2.45) is 7.05 Å². The molecule has 0 unspecified atom stereocenters. The Morgan fingerprint density at radius 1 is 1.23 bits per heavy atom. The molecule has 0 amide bonds. The average Bonchev–Trinajstić information content (AvgIpc) is 2.87. The largest absolute Gasteiger partial charge is 0.334 e. The molecule has 114 valence electrons. The van der Waals surface area contributed by atoms with Crippen molar-refractivity contribution in [3.05, 3.63) is 59.4 Å². The molecule has 2 aromatic carbocycles. The summed E-state index contributed by atoms with van der Waals surface area (Å²) in [6.07, 6.45) is 1.65. The second-order valence-corrected chi connectivity index (χ2v) is 7.10. The van der Waals surface area contributed by atoms with Gasteiger partial charge in [0.25, 0.3) is 0 Å². The van der Waals surface area contributed by atoms with Gasteiger partial charge in [0.15, 0.2) is 0 Å². The number of imidazole rings is 1. The molecule has 5 nitrogen and oxygen atoms in total. The van der Waals surface area contributed by atoms with E-state index in [9.17, 15) is 8.42 Å². The zero-order chi connectivity index (χ0) is 15.7. The molecule has 1 heterocycles. The Bertz CT molecular complexity index is 935. The predicted octanol–water partition coefficient (Wildman–Crippen LogP) is 2.71. The van der Waals surface area contributed by atoms with Crippen molar-refractivity contribution in [2.45, 2.75) is 11.4 Å². The van der Waals surface area contributed by atoms with E-state index in [1.165, 1.54) is 0 Å². The lowest BCUT2D eigenvalue weighted by molar-refractivity contribution is 0.581. The minimum absolute atomic E-state index is 0.141. The van der Waals surface area contributed by atoms with E-state index in [1.54, 1.807) is 42.7 Å². The molecule has 0 fully saturated rings. The molecular formula is C15H14ClN3O2S. The van der Waals surface area contributed by atoms with E-state index in [0.29, 0.717) is 10.5 Å². The monoisotopic (exact) mass is 335 g/mol. The van der Waals surface area contributed by atoms with Crippen molar-refractivity contribution in [1.29, 1.82) is 0 Å². The van der Waals surface area contributed by atoms with Crippen molar-refractivity contribution in [1.82, 2.24) is 14.3 Å². The molecule has 0 saturated carbocycles. The highest BCUT2D eigenvalue weighted by Crippen LogP contribution is 2.19. The summed E-state index contributed by atoms with van der Waals surface area (Å²) in [5.41, 5.74) is 2.25.